The molecule has 0 aromatic carbocycles. The number of amides is 1. The molecule has 1 aliphatic heterocycles. The monoisotopic (exact) mass is 312 g/mol. The van der Waals surface area contributed by atoms with Crippen LogP contribution in [-0.4, -0.2) is 48.5 Å². The first-order valence-corrected chi connectivity index (χ1v) is 6.89. The van der Waals surface area contributed by atoms with Gasteiger partial charge in [-0.15, -0.1) is 0 Å². The number of thioether (sulfide) groups is 1. The van der Waals surface area contributed by atoms with Gasteiger partial charge < -0.3 is 14.8 Å². The number of carbonyl (C=O) groups excluding carboxylic acids is 1. The molecule has 1 aromatic heterocycles. The average molecular weight is 312 g/mol. The number of carbonyl (C=O) groups is 2. The number of rotatable bonds is 4. The van der Waals surface area contributed by atoms with E-state index >= 15 is 0 Å². The SMILES string of the molecule is Cn1ccc(/C=C2/SC(=S)N(C(CO)C(=O)O)C2=O)c1. The van der Waals surface area contributed by atoms with Crippen molar-refractivity contribution in [3.8, 4) is 0 Å². The summed E-state index contributed by atoms with van der Waals surface area (Å²) in [6.07, 6.45) is 5.31. The first kappa shape index (κ1) is 14.8. The number of hydrogen-bond acceptors (Lipinski definition) is 5. The summed E-state index contributed by atoms with van der Waals surface area (Å²) in [7, 11) is 1.86. The van der Waals surface area contributed by atoms with Gasteiger partial charge in [-0.2, -0.15) is 0 Å². The number of aliphatic carboxylic acids is 1. The van der Waals surface area contributed by atoms with Crippen molar-refractivity contribution in [3.63, 3.8) is 0 Å². The number of hydrogen-bond donors (Lipinski definition) is 2. The van der Waals surface area contributed by atoms with Crippen LogP contribution < -0.4 is 0 Å². The Labute approximate surface area is 124 Å². The number of thiocarbonyl (C=S) groups is 1. The summed E-state index contributed by atoms with van der Waals surface area (Å²) >= 11 is 6.06. The van der Waals surface area contributed by atoms with Crippen molar-refractivity contribution in [1.29, 1.82) is 0 Å². The lowest BCUT2D eigenvalue weighted by Gasteiger charge is -2.20. The predicted molar refractivity (Wildman–Crippen MR) is 78.9 cm³/mol. The highest BCUT2D eigenvalue weighted by Gasteiger charge is 2.40. The molecule has 1 saturated heterocycles. The van der Waals surface area contributed by atoms with E-state index in [1.165, 1.54) is 0 Å². The largest absolute Gasteiger partial charge is 0.480 e. The quantitative estimate of drug-likeness (QED) is 0.628. The molecular formula is C12H12N2O4S2. The van der Waals surface area contributed by atoms with Crippen LogP contribution in [0.25, 0.3) is 6.08 Å². The Kier molecular flexibility index (Phi) is 4.26. The Morgan fingerprint density at radius 2 is 2.30 bits per heavy atom. The summed E-state index contributed by atoms with van der Waals surface area (Å²) in [6, 6.07) is 0.483. The van der Waals surface area contributed by atoms with Gasteiger partial charge in [0.15, 0.2) is 6.04 Å². The summed E-state index contributed by atoms with van der Waals surface area (Å²) in [5.41, 5.74) is 0.823. The first-order valence-electron chi connectivity index (χ1n) is 5.66. The third-order valence-electron chi connectivity index (χ3n) is 2.75. The molecule has 1 amide bonds. The molecule has 0 saturated carbocycles. The molecule has 2 heterocycles. The lowest BCUT2D eigenvalue weighted by Crippen LogP contribution is -2.46. The molecule has 2 N–H and O–H groups in total. The topological polar surface area (TPSA) is 82.8 Å². The van der Waals surface area contributed by atoms with Gasteiger partial charge in [0.1, 0.15) is 4.32 Å². The standard InChI is InChI=1S/C12H12N2O4S2/c1-13-3-2-7(5-13)4-9-10(16)14(12(19)20-9)8(6-15)11(17)18/h2-5,8,15H,6H2,1H3,(H,17,18)/b9-4+. The van der Waals surface area contributed by atoms with Gasteiger partial charge in [-0.1, -0.05) is 24.0 Å². The fraction of sp³-hybridized carbons (Fsp3) is 0.250. The minimum atomic E-state index is -1.34. The Balaban J connectivity index is 2.29. The Morgan fingerprint density at radius 1 is 1.60 bits per heavy atom. The number of aliphatic hydroxyl groups excluding tert-OH is 1. The predicted octanol–water partition coefficient (Wildman–Crippen LogP) is 0.672. The van der Waals surface area contributed by atoms with Crippen LogP contribution in [0.5, 0.6) is 0 Å². The van der Waals surface area contributed by atoms with Gasteiger partial charge in [0, 0.05) is 19.4 Å². The van der Waals surface area contributed by atoms with E-state index in [-0.39, 0.29) is 4.32 Å². The molecule has 1 fully saturated rings. The third-order valence-corrected chi connectivity index (χ3v) is 4.08. The zero-order chi connectivity index (χ0) is 14.9. The van der Waals surface area contributed by atoms with E-state index < -0.39 is 24.5 Å². The number of aromatic nitrogens is 1. The van der Waals surface area contributed by atoms with Crippen LogP contribution in [0.4, 0.5) is 0 Å². The van der Waals surface area contributed by atoms with E-state index in [4.69, 9.17) is 22.4 Å². The second-order valence-corrected chi connectivity index (χ2v) is 5.87. The zero-order valence-electron chi connectivity index (χ0n) is 10.5. The minimum Gasteiger partial charge on any atom is -0.480 e. The van der Waals surface area contributed by atoms with Crippen LogP contribution in [0.1, 0.15) is 5.56 Å². The van der Waals surface area contributed by atoms with E-state index in [1.807, 2.05) is 30.1 Å². The third kappa shape index (κ3) is 2.77. The fourth-order valence-corrected chi connectivity index (χ4v) is 3.14. The van der Waals surface area contributed by atoms with Crippen molar-refractivity contribution in [3.05, 3.63) is 28.9 Å². The van der Waals surface area contributed by atoms with E-state index in [0.29, 0.717) is 4.91 Å². The first-order chi connectivity index (χ1) is 9.43. The number of carboxylic acid groups (broad SMARTS) is 1. The van der Waals surface area contributed by atoms with Crippen molar-refractivity contribution in [2.24, 2.45) is 7.05 Å². The summed E-state index contributed by atoms with van der Waals surface area (Å²) in [5.74, 6) is -1.78. The number of aliphatic hydroxyl groups is 1. The number of carboxylic acids is 1. The smallest absolute Gasteiger partial charge is 0.329 e. The van der Waals surface area contributed by atoms with Crippen molar-refractivity contribution >= 4 is 46.3 Å². The fourth-order valence-electron chi connectivity index (χ4n) is 1.78. The lowest BCUT2D eigenvalue weighted by atomic mass is 10.2. The van der Waals surface area contributed by atoms with Crippen molar-refractivity contribution < 1.29 is 19.8 Å². The molecule has 1 aromatic rings. The number of aryl methyl sites for hydroxylation is 1. The summed E-state index contributed by atoms with van der Waals surface area (Å²) in [5, 5.41) is 18.1. The molecule has 0 radical (unpaired) electrons. The minimum absolute atomic E-state index is 0.138. The summed E-state index contributed by atoms with van der Waals surface area (Å²) < 4.78 is 1.97. The molecule has 1 aliphatic rings. The Bertz CT molecular complexity index is 608. The van der Waals surface area contributed by atoms with Crippen molar-refractivity contribution in [1.82, 2.24) is 9.47 Å². The van der Waals surface area contributed by atoms with Gasteiger partial charge in [-0.25, -0.2) is 4.79 Å². The van der Waals surface area contributed by atoms with Crippen LogP contribution in [-0.2, 0) is 16.6 Å². The van der Waals surface area contributed by atoms with E-state index in [2.05, 4.69) is 0 Å². The molecule has 1 atom stereocenters. The summed E-state index contributed by atoms with van der Waals surface area (Å²) in [6.45, 7) is -0.680. The molecule has 8 heteroatoms. The Hall–Kier alpha value is -1.64. The number of nitrogens with zero attached hydrogens (tertiary/aromatic N) is 2. The van der Waals surface area contributed by atoms with Gasteiger partial charge >= 0.3 is 5.97 Å². The van der Waals surface area contributed by atoms with Gasteiger partial charge in [-0.05, 0) is 17.7 Å². The summed E-state index contributed by atoms with van der Waals surface area (Å²) in [4.78, 5) is 24.5. The highest BCUT2D eigenvalue weighted by molar-refractivity contribution is 8.26. The highest BCUT2D eigenvalue weighted by atomic mass is 32.2. The van der Waals surface area contributed by atoms with Crippen LogP contribution in [0, 0.1) is 0 Å². The molecule has 0 spiro atoms. The van der Waals surface area contributed by atoms with Gasteiger partial charge in [0.2, 0.25) is 0 Å². The van der Waals surface area contributed by atoms with Gasteiger partial charge in [0.05, 0.1) is 11.5 Å². The second kappa shape index (κ2) is 5.78. The highest BCUT2D eigenvalue weighted by Crippen LogP contribution is 2.33. The molecule has 2 rings (SSSR count). The maximum absolute atomic E-state index is 12.2. The van der Waals surface area contributed by atoms with Crippen LogP contribution in [0.15, 0.2) is 23.4 Å². The lowest BCUT2D eigenvalue weighted by molar-refractivity contribution is -0.146. The van der Waals surface area contributed by atoms with E-state index in [0.717, 1.165) is 22.2 Å². The molecule has 106 valence electrons. The zero-order valence-corrected chi connectivity index (χ0v) is 12.1. The maximum Gasteiger partial charge on any atom is 0.329 e. The molecule has 0 bridgehead atoms. The van der Waals surface area contributed by atoms with Gasteiger partial charge in [0.25, 0.3) is 5.91 Å². The molecular weight excluding hydrogens is 300 g/mol. The molecule has 0 aliphatic carbocycles. The average Bonchev–Trinajstić information content (AvgIpc) is 2.89. The van der Waals surface area contributed by atoms with E-state index in [1.54, 1.807) is 6.08 Å². The second-order valence-electron chi connectivity index (χ2n) is 4.20. The van der Waals surface area contributed by atoms with Crippen LogP contribution >= 0.6 is 24.0 Å². The normalized spacial score (nSPS) is 18.9. The van der Waals surface area contributed by atoms with E-state index in [9.17, 15) is 9.59 Å². The van der Waals surface area contributed by atoms with Gasteiger partial charge in [-0.3, -0.25) is 9.69 Å². The molecule has 1 unspecified atom stereocenters. The Morgan fingerprint density at radius 3 is 2.80 bits per heavy atom. The van der Waals surface area contributed by atoms with Crippen LogP contribution in [0.3, 0.4) is 0 Å². The van der Waals surface area contributed by atoms with Crippen molar-refractivity contribution in [2.75, 3.05) is 6.61 Å². The molecule has 6 nitrogen and oxygen atoms in total. The van der Waals surface area contributed by atoms with Crippen LogP contribution in [0.2, 0.25) is 0 Å². The van der Waals surface area contributed by atoms with Crippen molar-refractivity contribution in [2.45, 2.75) is 6.04 Å². The maximum atomic E-state index is 12.2. The molecule has 20 heavy (non-hydrogen) atoms.